The molecule has 0 unspecified atom stereocenters. The maximum atomic E-state index is 13.3. The maximum Gasteiger partial charge on any atom is 0.460 e. The molecule has 2 rings (SSSR count). The second kappa shape index (κ2) is 9.67. The van der Waals surface area contributed by atoms with Crippen molar-refractivity contribution in [2.75, 3.05) is 33.0 Å². The van der Waals surface area contributed by atoms with E-state index in [1.165, 1.54) is 0 Å². The minimum Gasteiger partial charge on any atom is -0.485 e. The summed E-state index contributed by atoms with van der Waals surface area (Å²) in [7, 11) is 0. The molecule has 0 saturated carbocycles. The third-order valence-electron chi connectivity index (χ3n) is 4.24. The summed E-state index contributed by atoms with van der Waals surface area (Å²) in [5.74, 6) is -19.9. The number of hydrogen-bond acceptors (Lipinski definition) is 5. The fourth-order valence-electron chi connectivity index (χ4n) is 2.50. The number of alkyl halides is 9. The second-order valence-electron chi connectivity index (χ2n) is 6.61. The van der Waals surface area contributed by atoms with Crippen LogP contribution in [0.2, 0.25) is 0 Å². The molecule has 0 spiro atoms. The van der Waals surface area contributed by atoms with Gasteiger partial charge in [-0.15, -0.1) is 0 Å². The summed E-state index contributed by atoms with van der Waals surface area (Å²) in [4.78, 5) is 11.3. The molecule has 6 nitrogen and oxygen atoms in total. The van der Waals surface area contributed by atoms with Gasteiger partial charge in [0.1, 0.15) is 19.8 Å². The monoisotopic (exact) mass is 487 g/mol. The quantitative estimate of drug-likeness (QED) is 0.268. The molecule has 0 amide bonds. The van der Waals surface area contributed by atoms with Gasteiger partial charge in [-0.2, -0.15) is 39.5 Å². The summed E-state index contributed by atoms with van der Waals surface area (Å²) < 4.78 is 136. The first-order chi connectivity index (χ1) is 14.7. The Kier molecular flexibility index (Phi) is 7.83. The smallest absolute Gasteiger partial charge is 0.460 e. The zero-order valence-corrected chi connectivity index (χ0v) is 16.2. The van der Waals surface area contributed by atoms with Gasteiger partial charge in [-0.25, -0.2) is 0 Å². The van der Waals surface area contributed by atoms with Crippen LogP contribution in [0.1, 0.15) is 12.8 Å². The number of carbonyl (C=O) groups is 1. The maximum absolute atomic E-state index is 13.3. The highest BCUT2D eigenvalue weighted by atomic mass is 19.4. The van der Waals surface area contributed by atoms with Crippen molar-refractivity contribution >= 4 is 5.97 Å². The lowest BCUT2D eigenvalue weighted by Gasteiger charge is -2.33. The van der Waals surface area contributed by atoms with E-state index in [9.17, 15) is 44.3 Å². The van der Waals surface area contributed by atoms with E-state index in [2.05, 4.69) is 4.74 Å². The minimum atomic E-state index is -6.99. The fourth-order valence-corrected chi connectivity index (χ4v) is 2.50. The molecule has 15 heteroatoms. The van der Waals surface area contributed by atoms with Crippen LogP contribution < -0.4 is 9.47 Å². The van der Waals surface area contributed by atoms with Crippen LogP contribution in [0, 0.1) is 0 Å². The molecule has 0 atom stereocenters. The van der Waals surface area contributed by atoms with Crippen LogP contribution in [0.4, 0.5) is 39.5 Å². The van der Waals surface area contributed by atoms with Crippen molar-refractivity contribution in [2.24, 2.45) is 0 Å². The molecule has 0 N–H and O–H groups in total. The zero-order chi connectivity index (χ0) is 24.2. The standard InChI is InChI=1S/C17H18F9NO5/c18-14(19,15(20,21)16(22,23)17(24,25)26)2-1-13(28)32-6-5-29-4-3-27-9-11-12(10-27)31-8-7-30-11/h9-10H,1-8H2. The largest absolute Gasteiger partial charge is 0.485 e. The van der Waals surface area contributed by atoms with Crippen molar-refractivity contribution in [3.63, 3.8) is 0 Å². The van der Waals surface area contributed by atoms with E-state index in [0.29, 0.717) is 31.3 Å². The van der Waals surface area contributed by atoms with Gasteiger partial charge in [-0.3, -0.25) is 4.79 Å². The van der Waals surface area contributed by atoms with Crippen molar-refractivity contribution in [1.29, 1.82) is 0 Å². The average Bonchev–Trinajstić information content (AvgIpc) is 3.10. The summed E-state index contributed by atoms with van der Waals surface area (Å²) in [6.07, 6.45) is -7.36. The summed E-state index contributed by atoms with van der Waals surface area (Å²) in [6.45, 7) is 0.608. The Morgan fingerprint density at radius 1 is 0.875 bits per heavy atom. The van der Waals surface area contributed by atoms with Gasteiger partial charge in [0.05, 0.1) is 32.0 Å². The molecule has 1 aromatic heterocycles. The van der Waals surface area contributed by atoms with E-state index >= 15 is 0 Å². The fraction of sp³-hybridized carbons (Fsp3) is 0.706. The Bertz CT molecular complexity index is 755. The molecule has 2 heterocycles. The second-order valence-corrected chi connectivity index (χ2v) is 6.61. The number of nitrogens with zero attached hydrogens (tertiary/aromatic N) is 1. The predicted molar refractivity (Wildman–Crippen MR) is 87.3 cm³/mol. The molecule has 1 aliphatic heterocycles. The van der Waals surface area contributed by atoms with Crippen molar-refractivity contribution in [2.45, 2.75) is 43.3 Å². The molecule has 1 aromatic rings. The highest BCUT2D eigenvalue weighted by Crippen LogP contribution is 2.54. The van der Waals surface area contributed by atoms with Gasteiger partial charge in [0.15, 0.2) is 11.5 Å². The van der Waals surface area contributed by atoms with Crippen molar-refractivity contribution in [1.82, 2.24) is 4.57 Å². The van der Waals surface area contributed by atoms with Crippen molar-refractivity contribution < 1.29 is 63.3 Å². The molecule has 0 aromatic carbocycles. The molecule has 0 bridgehead atoms. The third-order valence-corrected chi connectivity index (χ3v) is 4.24. The lowest BCUT2D eigenvalue weighted by molar-refractivity contribution is -0.396. The summed E-state index contributed by atoms with van der Waals surface area (Å²) in [6, 6.07) is 0. The average molecular weight is 487 g/mol. The number of halogens is 9. The Balaban J connectivity index is 1.67. The van der Waals surface area contributed by atoms with Crippen molar-refractivity contribution in [3.05, 3.63) is 12.4 Å². The topological polar surface area (TPSA) is 58.9 Å². The first-order valence-electron chi connectivity index (χ1n) is 9.08. The molecule has 0 saturated heterocycles. The van der Waals surface area contributed by atoms with Gasteiger partial charge in [-0.05, 0) is 0 Å². The molecule has 184 valence electrons. The van der Waals surface area contributed by atoms with Gasteiger partial charge in [0.25, 0.3) is 0 Å². The van der Waals surface area contributed by atoms with E-state index in [1.54, 1.807) is 17.0 Å². The van der Waals surface area contributed by atoms with E-state index < -0.39 is 49.4 Å². The van der Waals surface area contributed by atoms with Gasteiger partial charge in [0, 0.05) is 13.0 Å². The number of fused-ring (bicyclic) bond motifs is 1. The normalized spacial score (nSPS) is 15.0. The van der Waals surface area contributed by atoms with Crippen molar-refractivity contribution in [3.8, 4) is 11.5 Å². The van der Waals surface area contributed by atoms with E-state index in [0.717, 1.165) is 0 Å². The highest BCUT2D eigenvalue weighted by molar-refractivity contribution is 5.69. The Hall–Kier alpha value is -2.32. The SMILES string of the molecule is O=C(CCC(F)(F)C(F)(F)C(F)(F)C(F)(F)F)OCCOCCn1cc2c(c1)OCCO2. The van der Waals surface area contributed by atoms with Crippen LogP contribution in [0.15, 0.2) is 12.4 Å². The Labute approximate surface area is 175 Å². The van der Waals surface area contributed by atoms with Crippen LogP contribution in [-0.4, -0.2) is 67.5 Å². The summed E-state index contributed by atoms with van der Waals surface area (Å²) >= 11 is 0. The van der Waals surface area contributed by atoms with E-state index in [-0.39, 0.29) is 13.2 Å². The first kappa shape index (κ1) is 25.9. The third kappa shape index (κ3) is 5.72. The molecular weight excluding hydrogens is 469 g/mol. The Morgan fingerprint density at radius 3 is 1.97 bits per heavy atom. The lowest BCUT2D eigenvalue weighted by Crippen LogP contribution is -2.60. The number of hydrogen-bond donors (Lipinski definition) is 0. The summed E-state index contributed by atoms with van der Waals surface area (Å²) in [5, 5.41) is 0. The van der Waals surface area contributed by atoms with Gasteiger partial charge >= 0.3 is 29.9 Å². The van der Waals surface area contributed by atoms with Gasteiger partial charge < -0.3 is 23.5 Å². The highest BCUT2D eigenvalue weighted by Gasteiger charge is 2.81. The van der Waals surface area contributed by atoms with Gasteiger partial charge in [-0.1, -0.05) is 0 Å². The first-order valence-corrected chi connectivity index (χ1v) is 9.08. The molecule has 0 fully saturated rings. The van der Waals surface area contributed by atoms with Crippen LogP contribution in [0.25, 0.3) is 0 Å². The molecule has 32 heavy (non-hydrogen) atoms. The van der Waals surface area contributed by atoms with Crippen LogP contribution in [-0.2, 0) is 20.8 Å². The number of carbonyl (C=O) groups excluding carboxylic acids is 1. The zero-order valence-electron chi connectivity index (χ0n) is 16.2. The number of ether oxygens (including phenoxy) is 4. The van der Waals surface area contributed by atoms with Crippen LogP contribution >= 0.6 is 0 Å². The summed E-state index contributed by atoms with van der Waals surface area (Å²) in [5.41, 5.74) is 0. The Morgan fingerprint density at radius 2 is 1.44 bits per heavy atom. The van der Waals surface area contributed by atoms with E-state index in [1.807, 2.05) is 0 Å². The lowest BCUT2D eigenvalue weighted by atomic mass is 10.00. The molecular formula is C17H18F9NO5. The molecule has 1 aliphatic rings. The number of rotatable bonds is 11. The minimum absolute atomic E-state index is 0.127. The predicted octanol–water partition coefficient (Wildman–Crippen LogP) is 4.07. The number of esters is 1. The number of aromatic nitrogens is 1. The molecule has 0 radical (unpaired) electrons. The molecule has 0 aliphatic carbocycles. The van der Waals surface area contributed by atoms with E-state index in [4.69, 9.17) is 14.2 Å². The van der Waals surface area contributed by atoms with Crippen LogP contribution in [0.3, 0.4) is 0 Å². The van der Waals surface area contributed by atoms with Crippen LogP contribution in [0.5, 0.6) is 11.5 Å². The van der Waals surface area contributed by atoms with Gasteiger partial charge in [0.2, 0.25) is 0 Å².